The van der Waals surface area contributed by atoms with Crippen LogP contribution >= 0.6 is 15.9 Å². The first-order valence-corrected chi connectivity index (χ1v) is 8.79. The molecule has 1 aromatic carbocycles. The number of rotatable bonds is 2. The molecule has 3 aliphatic rings. The first-order chi connectivity index (χ1) is 11.8. The fraction of sp³-hybridized carbons (Fsp3) is 0.333. The van der Waals surface area contributed by atoms with Crippen LogP contribution in [-0.2, 0) is 9.59 Å². The zero-order valence-corrected chi connectivity index (χ0v) is 15.2. The highest BCUT2D eigenvalue weighted by Gasteiger charge is 2.62. The molecule has 6 nitrogen and oxygen atoms in total. The summed E-state index contributed by atoms with van der Waals surface area (Å²) in [5.41, 5.74) is 2.09. The fourth-order valence-electron chi connectivity index (χ4n) is 4.50. The van der Waals surface area contributed by atoms with Gasteiger partial charge in [0.2, 0.25) is 11.8 Å². The third-order valence-electron chi connectivity index (χ3n) is 5.37. The van der Waals surface area contributed by atoms with Gasteiger partial charge in [0.15, 0.2) is 0 Å². The molecular weight excluding hydrogens is 388 g/mol. The molecule has 2 aliphatic carbocycles. The summed E-state index contributed by atoms with van der Waals surface area (Å²) in [7, 11) is 0. The first kappa shape index (κ1) is 16.2. The summed E-state index contributed by atoms with van der Waals surface area (Å²) in [6.45, 7) is 3.99. The van der Waals surface area contributed by atoms with Gasteiger partial charge in [-0.15, -0.1) is 0 Å². The summed E-state index contributed by atoms with van der Waals surface area (Å²) in [5, 5.41) is 11.4. The Bertz CT molecular complexity index is 866. The van der Waals surface area contributed by atoms with Gasteiger partial charge in [0.25, 0.3) is 5.69 Å². The van der Waals surface area contributed by atoms with Crippen LogP contribution in [-0.4, -0.2) is 16.7 Å². The third kappa shape index (κ3) is 2.08. The Hall–Kier alpha value is -2.28. The Balaban J connectivity index is 1.81. The van der Waals surface area contributed by atoms with Crippen molar-refractivity contribution >= 4 is 39.1 Å². The van der Waals surface area contributed by atoms with Gasteiger partial charge in [0, 0.05) is 22.4 Å². The molecule has 2 amide bonds. The van der Waals surface area contributed by atoms with E-state index in [0.29, 0.717) is 4.47 Å². The highest BCUT2D eigenvalue weighted by atomic mass is 79.9. The lowest BCUT2D eigenvalue weighted by atomic mass is 9.85. The minimum absolute atomic E-state index is 0.0516. The van der Waals surface area contributed by atoms with Crippen LogP contribution in [0.4, 0.5) is 11.4 Å². The van der Waals surface area contributed by atoms with Crippen LogP contribution in [0, 0.1) is 33.8 Å². The van der Waals surface area contributed by atoms with Crippen molar-refractivity contribution in [1.82, 2.24) is 0 Å². The lowest BCUT2D eigenvalue weighted by Gasteiger charge is -2.19. The molecule has 1 saturated carbocycles. The molecule has 128 valence electrons. The molecule has 1 aromatic rings. The van der Waals surface area contributed by atoms with Gasteiger partial charge < -0.3 is 0 Å². The fourth-order valence-corrected chi connectivity index (χ4v) is 4.85. The summed E-state index contributed by atoms with van der Waals surface area (Å²) in [4.78, 5) is 37.9. The molecule has 7 heteroatoms. The van der Waals surface area contributed by atoms with Crippen molar-refractivity contribution in [2.75, 3.05) is 4.90 Å². The Morgan fingerprint density at radius 3 is 2.16 bits per heavy atom. The largest absolute Gasteiger partial charge is 0.294 e. The molecule has 2 bridgehead atoms. The number of nitro groups is 1. The number of anilines is 1. The van der Waals surface area contributed by atoms with E-state index < -0.39 is 16.8 Å². The van der Waals surface area contributed by atoms with Gasteiger partial charge in [-0.05, 0) is 26.0 Å². The predicted molar refractivity (Wildman–Crippen MR) is 94.8 cm³/mol. The van der Waals surface area contributed by atoms with E-state index in [2.05, 4.69) is 15.9 Å². The maximum absolute atomic E-state index is 13.0. The summed E-state index contributed by atoms with van der Waals surface area (Å²) < 4.78 is 0.524. The van der Waals surface area contributed by atoms with Gasteiger partial charge in [0.05, 0.1) is 16.8 Å². The highest BCUT2D eigenvalue weighted by molar-refractivity contribution is 9.10. The summed E-state index contributed by atoms with van der Waals surface area (Å²) in [5.74, 6) is -1.72. The monoisotopic (exact) mass is 402 g/mol. The van der Waals surface area contributed by atoms with Gasteiger partial charge in [-0.3, -0.25) is 19.7 Å². The Morgan fingerprint density at radius 2 is 1.68 bits per heavy atom. The van der Waals surface area contributed by atoms with E-state index in [1.807, 2.05) is 26.0 Å². The molecule has 0 spiro atoms. The smallest absolute Gasteiger partial charge is 0.274 e. The average Bonchev–Trinajstić information content (AvgIpc) is 3.18. The second-order valence-electron chi connectivity index (χ2n) is 6.85. The number of imide groups is 1. The minimum atomic E-state index is -0.566. The van der Waals surface area contributed by atoms with E-state index in [0.717, 1.165) is 16.0 Å². The van der Waals surface area contributed by atoms with Crippen LogP contribution in [0.15, 0.2) is 46.0 Å². The topological polar surface area (TPSA) is 80.5 Å². The molecule has 4 rings (SSSR count). The van der Waals surface area contributed by atoms with E-state index in [9.17, 15) is 19.7 Å². The molecule has 0 unspecified atom stereocenters. The molecule has 2 fully saturated rings. The van der Waals surface area contributed by atoms with Crippen molar-refractivity contribution in [2.24, 2.45) is 23.7 Å². The Labute approximate surface area is 152 Å². The third-order valence-corrected chi connectivity index (χ3v) is 5.86. The molecule has 1 heterocycles. The predicted octanol–water partition coefficient (Wildman–Crippen LogP) is 3.62. The average molecular weight is 403 g/mol. The lowest BCUT2D eigenvalue weighted by Crippen LogP contribution is -2.33. The van der Waals surface area contributed by atoms with Crippen LogP contribution in [0.25, 0.3) is 0 Å². The molecule has 0 N–H and O–H groups in total. The second-order valence-corrected chi connectivity index (χ2v) is 7.76. The van der Waals surface area contributed by atoms with Crippen molar-refractivity contribution in [3.63, 3.8) is 0 Å². The number of carbonyl (C=O) groups excluding carboxylic acids is 2. The number of fused-ring (bicyclic) bond motifs is 5. The second kappa shape index (κ2) is 5.36. The van der Waals surface area contributed by atoms with Gasteiger partial charge >= 0.3 is 0 Å². The Kier molecular flexibility index (Phi) is 3.47. The number of allylic oxidation sites excluding steroid dienone is 4. The minimum Gasteiger partial charge on any atom is -0.274 e. The van der Waals surface area contributed by atoms with Gasteiger partial charge in [0.1, 0.15) is 5.69 Å². The zero-order valence-electron chi connectivity index (χ0n) is 13.6. The normalized spacial score (nSPS) is 29.6. The van der Waals surface area contributed by atoms with E-state index in [-0.39, 0.29) is 35.0 Å². The van der Waals surface area contributed by atoms with Crippen LogP contribution in [0.5, 0.6) is 0 Å². The molecular formula is C18H15BrN2O4. The summed E-state index contributed by atoms with van der Waals surface area (Å²) in [6, 6.07) is 4.37. The maximum atomic E-state index is 13.0. The number of carbonyl (C=O) groups is 2. The van der Waals surface area contributed by atoms with Crippen LogP contribution in [0.3, 0.4) is 0 Å². The molecule has 0 radical (unpaired) electrons. The number of halogens is 1. The van der Waals surface area contributed by atoms with Crippen molar-refractivity contribution in [1.29, 1.82) is 0 Å². The van der Waals surface area contributed by atoms with Gasteiger partial charge in [-0.25, -0.2) is 4.90 Å². The zero-order chi connectivity index (χ0) is 18.0. The molecule has 25 heavy (non-hydrogen) atoms. The van der Waals surface area contributed by atoms with E-state index in [1.165, 1.54) is 12.1 Å². The SMILES string of the molecule is CC(C)=C1[C@@H]2C=C[C@@H]1[C@@H]1C(=O)N(c3ccc(Br)cc3[N+](=O)[O-])C(=O)[C@H]12. The number of hydrogen-bond donors (Lipinski definition) is 0. The van der Waals surface area contributed by atoms with Crippen LogP contribution in [0.1, 0.15) is 13.8 Å². The van der Waals surface area contributed by atoms with Crippen molar-refractivity contribution < 1.29 is 14.5 Å². The van der Waals surface area contributed by atoms with Crippen LogP contribution < -0.4 is 4.90 Å². The van der Waals surface area contributed by atoms with E-state index >= 15 is 0 Å². The quantitative estimate of drug-likeness (QED) is 0.327. The van der Waals surface area contributed by atoms with Crippen molar-refractivity contribution in [3.05, 3.63) is 56.1 Å². The number of amides is 2. The van der Waals surface area contributed by atoms with Crippen molar-refractivity contribution in [3.8, 4) is 0 Å². The number of nitro benzene ring substituents is 1. The lowest BCUT2D eigenvalue weighted by molar-refractivity contribution is -0.384. The maximum Gasteiger partial charge on any atom is 0.294 e. The van der Waals surface area contributed by atoms with E-state index in [4.69, 9.17) is 0 Å². The molecule has 4 atom stereocenters. The standard InChI is InChI=1S/C18H15BrN2O4/c1-8(2)14-10-4-5-11(14)16-15(10)17(22)20(18(16)23)12-6-3-9(19)7-13(12)21(24)25/h3-7,10-11,15-16H,1-2H3/t10-,11-,15-,16-/m0/s1. The molecule has 0 aromatic heterocycles. The van der Waals surface area contributed by atoms with E-state index in [1.54, 1.807) is 6.07 Å². The van der Waals surface area contributed by atoms with Gasteiger partial charge in [-0.2, -0.15) is 0 Å². The number of benzene rings is 1. The Morgan fingerprint density at radius 1 is 1.12 bits per heavy atom. The number of nitrogens with zero attached hydrogens (tertiary/aromatic N) is 2. The van der Waals surface area contributed by atoms with Gasteiger partial charge in [-0.1, -0.05) is 39.2 Å². The summed E-state index contributed by atoms with van der Waals surface area (Å²) >= 11 is 3.20. The summed E-state index contributed by atoms with van der Waals surface area (Å²) in [6.07, 6.45) is 4.00. The molecule has 1 aliphatic heterocycles. The highest BCUT2D eigenvalue weighted by Crippen LogP contribution is 2.57. The molecule has 1 saturated heterocycles. The number of hydrogen-bond acceptors (Lipinski definition) is 4. The first-order valence-electron chi connectivity index (χ1n) is 8.00. The van der Waals surface area contributed by atoms with Crippen LogP contribution in [0.2, 0.25) is 0 Å². The van der Waals surface area contributed by atoms with Crippen molar-refractivity contribution in [2.45, 2.75) is 13.8 Å².